The van der Waals surface area contributed by atoms with E-state index in [1.807, 2.05) is 6.08 Å². The van der Waals surface area contributed by atoms with Crippen LogP contribution in [-0.4, -0.2) is 17.5 Å². The molecule has 2 heteroatoms. The molecule has 0 atom stereocenters. The van der Waals surface area contributed by atoms with Crippen molar-refractivity contribution in [3.63, 3.8) is 0 Å². The monoisotopic (exact) mass is 284 g/mol. The molecule has 0 amide bonds. The first kappa shape index (κ1) is 15.7. The minimum atomic E-state index is 0.600. The Morgan fingerprint density at radius 3 is 2.57 bits per heavy atom. The molecule has 2 rings (SSSR count). The van der Waals surface area contributed by atoms with Gasteiger partial charge < -0.3 is 10.2 Å². The van der Waals surface area contributed by atoms with Crippen molar-refractivity contribution >= 4 is 5.69 Å². The lowest BCUT2D eigenvalue weighted by molar-refractivity contribution is 0.220. The number of hydrogen-bond donors (Lipinski definition) is 1. The summed E-state index contributed by atoms with van der Waals surface area (Å²) < 4.78 is 0. The van der Waals surface area contributed by atoms with Gasteiger partial charge in [0.05, 0.1) is 5.82 Å². The molecule has 0 bridgehead atoms. The molecular weight excluding hydrogens is 256 g/mol. The molecular formula is C19H28N2. The van der Waals surface area contributed by atoms with Crippen LogP contribution < -0.4 is 5.32 Å². The van der Waals surface area contributed by atoms with Crippen LogP contribution in [0.3, 0.4) is 0 Å². The summed E-state index contributed by atoms with van der Waals surface area (Å²) in [7, 11) is 0. The number of nitrogens with zero attached hydrogens (tertiary/aromatic N) is 1. The van der Waals surface area contributed by atoms with E-state index in [0.717, 1.165) is 18.1 Å². The van der Waals surface area contributed by atoms with Crippen LogP contribution in [0, 0.1) is 13.8 Å². The zero-order valence-corrected chi connectivity index (χ0v) is 13.5. The van der Waals surface area contributed by atoms with Crippen LogP contribution in [-0.2, 0) is 0 Å². The third-order valence-corrected chi connectivity index (χ3v) is 4.48. The smallest absolute Gasteiger partial charge is 0.0988 e. The van der Waals surface area contributed by atoms with Gasteiger partial charge in [0.1, 0.15) is 0 Å². The molecule has 1 fully saturated rings. The SMILES string of the molecule is C=CCN(C(=C)Nc1ccc(C)c(C)c1)C1CCCCC1. The van der Waals surface area contributed by atoms with Crippen molar-refractivity contribution in [1.82, 2.24) is 4.90 Å². The van der Waals surface area contributed by atoms with E-state index < -0.39 is 0 Å². The predicted molar refractivity (Wildman–Crippen MR) is 92.5 cm³/mol. The maximum atomic E-state index is 4.26. The van der Waals surface area contributed by atoms with Crippen LogP contribution in [0.2, 0.25) is 0 Å². The van der Waals surface area contributed by atoms with Crippen LogP contribution >= 0.6 is 0 Å². The Bertz CT molecular complexity index is 498. The molecule has 0 heterocycles. The fourth-order valence-electron chi connectivity index (χ4n) is 3.07. The number of nitrogens with one attached hydrogen (secondary N) is 1. The number of anilines is 1. The maximum Gasteiger partial charge on any atom is 0.0988 e. The lowest BCUT2D eigenvalue weighted by Gasteiger charge is -2.36. The van der Waals surface area contributed by atoms with Crippen molar-refractivity contribution in [3.8, 4) is 0 Å². The van der Waals surface area contributed by atoms with Crippen LogP contribution in [0.15, 0.2) is 43.3 Å². The third kappa shape index (κ3) is 4.13. The summed E-state index contributed by atoms with van der Waals surface area (Å²) >= 11 is 0. The van der Waals surface area contributed by atoms with E-state index in [0.29, 0.717) is 6.04 Å². The molecule has 1 aliphatic carbocycles. The number of benzene rings is 1. The molecule has 1 N–H and O–H groups in total. The minimum Gasteiger partial charge on any atom is -0.352 e. The van der Waals surface area contributed by atoms with E-state index in [4.69, 9.17) is 0 Å². The van der Waals surface area contributed by atoms with Gasteiger partial charge in [-0.05, 0) is 49.9 Å². The van der Waals surface area contributed by atoms with Gasteiger partial charge in [-0.1, -0.05) is 38.0 Å². The Labute approximate surface area is 129 Å². The average Bonchev–Trinajstić information content (AvgIpc) is 2.49. The van der Waals surface area contributed by atoms with E-state index in [2.05, 4.69) is 55.4 Å². The lowest BCUT2D eigenvalue weighted by atomic mass is 9.94. The average molecular weight is 284 g/mol. The molecule has 21 heavy (non-hydrogen) atoms. The van der Waals surface area contributed by atoms with E-state index in [-0.39, 0.29) is 0 Å². The fraction of sp³-hybridized carbons (Fsp3) is 0.474. The summed E-state index contributed by atoms with van der Waals surface area (Å²) in [4.78, 5) is 2.38. The molecule has 2 nitrogen and oxygen atoms in total. The van der Waals surface area contributed by atoms with Crippen LogP contribution in [0.1, 0.15) is 43.2 Å². The van der Waals surface area contributed by atoms with Crippen LogP contribution in [0.25, 0.3) is 0 Å². The maximum absolute atomic E-state index is 4.26. The van der Waals surface area contributed by atoms with Crippen molar-refractivity contribution in [2.45, 2.75) is 52.0 Å². The Morgan fingerprint density at radius 1 is 1.24 bits per heavy atom. The predicted octanol–water partition coefficient (Wildman–Crippen LogP) is 5.01. The normalized spacial score (nSPS) is 15.5. The lowest BCUT2D eigenvalue weighted by Crippen LogP contribution is -2.38. The third-order valence-electron chi connectivity index (χ3n) is 4.48. The summed E-state index contributed by atoms with van der Waals surface area (Å²) in [6, 6.07) is 7.07. The second kappa shape index (κ2) is 7.35. The summed E-state index contributed by atoms with van der Waals surface area (Å²) in [6.45, 7) is 13.3. The molecule has 0 saturated heterocycles. The summed E-state index contributed by atoms with van der Waals surface area (Å²) in [5.74, 6) is 0.991. The molecule has 1 aliphatic rings. The van der Waals surface area contributed by atoms with Crippen LogP contribution in [0.5, 0.6) is 0 Å². The molecule has 114 valence electrons. The van der Waals surface area contributed by atoms with E-state index in [1.165, 1.54) is 43.2 Å². The highest BCUT2D eigenvalue weighted by Gasteiger charge is 2.21. The van der Waals surface area contributed by atoms with Crippen molar-refractivity contribution < 1.29 is 0 Å². The minimum absolute atomic E-state index is 0.600. The Hall–Kier alpha value is -1.70. The topological polar surface area (TPSA) is 15.3 Å². The van der Waals surface area contributed by atoms with Gasteiger partial charge >= 0.3 is 0 Å². The molecule has 0 aromatic heterocycles. The van der Waals surface area contributed by atoms with E-state index in [9.17, 15) is 0 Å². The molecule has 0 aliphatic heterocycles. The summed E-state index contributed by atoms with van der Waals surface area (Å²) in [5, 5.41) is 3.48. The molecule has 1 aromatic rings. The second-order valence-corrected chi connectivity index (χ2v) is 6.10. The van der Waals surface area contributed by atoms with Gasteiger partial charge in [0.2, 0.25) is 0 Å². The quantitative estimate of drug-likeness (QED) is 0.739. The summed E-state index contributed by atoms with van der Waals surface area (Å²) in [6.07, 6.45) is 8.53. The van der Waals surface area contributed by atoms with Crippen LogP contribution in [0.4, 0.5) is 5.69 Å². The van der Waals surface area contributed by atoms with E-state index in [1.54, 1.807) is 0 Å². The number of rotatable bonds is 6. The molecule has 1 saturated carbocycles. The van der Waals surface area contributed by atoms with Gasteiger partial charge in [-0.2, -0.15) is 0 Å². The van der Waals surface area contributed by atoms with Gasteiger partial charge in [0, 0.05) is 18.3 Å². The van der Waals surface area contributed by atoms with Crippen molar-refractivity contribution in [3.05, 3.63) is 54.4 Å². The zero-order chi connectivity index (χ0) is 15.2. The fourth-order valence-corrected chi connectivity index (χ4v) is 3.07. The Balaban J connectivity index is 2.06. The van der Waals surface area contributed by atoms with Gasteiger partial charge in [-0.3, -0.25) is 0 Å². The van der Waals surface area contributed by atoms with Gasteiger partial charge in [-0.15, -0.1) is 6.58 Å². The van der Waals surface area contributed by atoms with Crippen molar-refractivity contribution in [2.75, 3.05) is 11.9 Å². The molecule has 0 spiro atoms. The van der Waals surface area contributed by atoms with Gasteiger partial charge in [0.15, 0.2) is 0 Å². The zero-order valence-electron chi connectivity index (χ0n) is 13.5. The van der Waals surface area contributed by atoms with Gasteiger partial charge in [0.25, 0.3) is 0 Å². The molecule has 0 radical (unpaired) electrons. The summed E-state index contributed by atoms with van der Waals surface area (Å²) in [5.41, 5.74) is 3.75. The first-order valence-corrected chi connectivity index (χ1v) is 8.02. The first-order chi connectivity index (χ1) is 10.1. The first-order valence-electron chi connectivity index (χ1n) is 8.02. The van der Waals surface area contributed by atoms with Crippen molar-refractivity contribution in [2.24, 2.45) is 0 Å². The Kier molecular flexibility index (Phi) is 5.49. The Morgan fingerprint density at radius 2 is 1.95 bits per heavy atom. The highest BCUT2D eigenvalue weighted by molar-refractivity contribution is 5.51. The molecule has 1 aromatic carbocycles. The molecule has 0 unspecified atom stereocenters. The second-order valence-electron chi connectivity index (χ2n) is 6.10. The van der Waals surface area contributed by atoms with Crippen molar-refractivity contribution in [1.29, 1.82) is 0 Å². The highest BCUT2D eigenvalue weighted by Crippen LogP contribution is 2.26. The largest absolute Gasteiger partial charge is 0.352 e. The number of aryl methyl sites for hydroxylation is 2. The highest BCUT2D eigenvalue weighted by atomic mass is 15.3. The standard InChI is InChI=1S/C19H28N2/c1-5-13-21(19-9-7-6-8-10-19)17(4)20-18-12-11-15(2)16(3)14-18/h5,11-12,14,19-20H,1,4,6-10,13H2,2-3H3. The van der Waals surface area contributed by atoms with E-state index >= 15 is 0 Å². The van der Waals surface area contributed by atoms with Gasteiger partial charge in [-0.25, -0.2) is 0 Å². The number of hydrogen-bond acceptors (Lipinski definition) is 2.